The van der Waals surface area contributed by atoms with Crippen LogP contribution in [0.3, 0.4) is 0 Å². The number of nitrogens with zero attached hydrogens (tertiary/aromatic N) is 1. The number of benzene rings is 1. The maximum absolute atomic E-state index is 12.5. The van der Waals surface area contributed by atoms with Crippen LogP contribution in [0.5, 0.6) is 0 Å². The van der Waals surface area contributed by atoms with Crippen LogP contribution in [0.25, 0.3) is 0 Å². The van der Waals surface area contributed by atoms with Crippen LogP contribution in [0, 0.1) is 0 Å². The molecule has 1 saturated heterocycles. The Bertz CT molecular complexity index is 522. The highest BCUT2D eigenvalue weighted by atomic mass is 32.2. The highest BCUT2D eigenvalue weighted by molar-refractivity contribution is 7.91. The molecule has 1 aromatic rings. The van der Waals surface area contributed by atoms with E-state index in [1.807, 2.05) is 18.2 Å². The van der Waals surface area contributed by atoms with Crippen LogP contribution in [0.2, 0.25) is 0 Å². The first-order chi connectivity index (χ1) is 9.65. The van der Waals surface area contributed by atoms with Crippen molar-refractivity contribution in [3.05, 3.63) is 24.3 Å². The number of rotatable bonds is 6. The van der Waals surface area contributed by atoms with Gasteiger partial charge in [-0.25, -0.2) is 8.42 Å². The molecule has 0 radical (unpaired) electrons. The van der Waals surface area contributed by atoms with Crippen molar-refractivity contribution in [2.24, 2.45) is 0 Å². The standard InChI is InChI=1S/C15H24N2O2S/c1-2-3-6-13-20(18,19)15-8-5-4-7-14(15)17-11-9-16-10-12-17/h4-5,7-8,16H,2-3,6,9-13H2,1H3. The quantitative estimate of drug-likeness (QED) is 0.816. The summed E-state index contributed by atoms with van der Waals surface area (Å²) in [6, 6.07) is 7.41. The summed E-state index contributed by atoms with van der Waals surface area (Å²) in [5, 5.41) is 3.29. The molecule has 1 aliphatic heterocycles. The number of sulfone groups is 1. The monoisotopic (exact) mass is 296 g/mol. The Morgan fingerprint density at radius 3 is 2.55 bits per heavy atom. The minimum Gasteiger partial charge on any atom is -0.368 e. The van der Waals surface area contributed by atoms with Gasteiger partial charge in [0.15, 0.2) is 9.84 Å². The van der Waals surface area contributed by atoms with Gasteiger partial charge in [-0.2, -0.15) is 0 Å². The van der Waals surface area contributed by atoms with Crippen LogP contribution in [-0.2, 0) is 9.84 Å². The van der Waals surface area contributed by atoms with E-state index in [0.29, 0.717) is 4.90 Å². The van der Waals surface area contributed by atoms with Gasteiger partial charge in [-0.05, 0) is 18.6 Å². The molecular weight excluding hydrogens is 272 g/mol. The second-order valence-corrected chi connectivity index (χ2v) is 7.31. The molecule has 0 aromatic heterocycles. The number of piperazine rings is 1. The van der Waals surface area contributed by atoms with Gasteiger partial charge in [-0.15, -0.1) is 0 Å². The van der Waals surface area contributed by atoms with Crippen molar-refractivity contribution in [1.29, 1.82) is 0 Å². The second kappa shape index (κ2) is 7.09. The molecule has 0 unspecified atom stereocenters. The van der Waals surface area contributed by atoms with Gasteiger partial charge in [0, 0.05) is 26.2 Å². The fraction of sp³-hybridized carbons (Fsp3) is 0.600. The molecule has 0 atom stereocenters. The first-order valence-electron chi connectivity index (χ1n) is 7.42. The number of para-hydroxylation sites is 1. The summed E-state index contributed by atoms with van der Waals surface area (Å²) in [6.45, 7) is 5.62. The normalized spacial score (nSPS) is 16.4. The SMILES string of the molecule is CCCCCS(=O)(=O)c1ccccc1N1CCNCC1. The van der Waals surface area contributed by atoms with E-state index >= 15 is 0 Å². The Kier molecular flexibility index (Phi) is 5.43. The van der Waals surface area contributed by atoms with Gasteiger partial charge in [-0.3, -0.25) is 0 Å². The molecule has 1 fully saturated rings. The van der Waals surface area contributed by atoms with Crippen molar-refractivity contribution in [3.8, 4) is 0 Å². The molecule has 20 heavy (non-hydrogen) atoms. The Hall–Kier alpha value is -1.07. The average Bonchev–Trinajstić information content (AvgIpc) is 2.48. The Balaban J connectivity index is 2.22. The highest BCUT2D eigenvalue weighted by Gasteiger charge is 2.22. The van der Waals surface area contributed by atoms with E-state index in [1.165, 1.54) is 0 Å². The number of anilines is 1. The first-order valence-corrected chi connectivity index (χ1v) is 9.08. The minimum absolute atomic E-state index is 0.254. The van der Waals surface area contributed by atoms with Gasteiger partial charge in [0.2, 0.25) is 0 Å². The van der Waals surface area contributed by atoms with Gasteiger partial charge in [0.05, 0.1) is 16.3 Å². The minimum atomic E-state index is -3.17. The van der Waals surface area contributed by atoms with E-state index in [2.05, 4.69) is 17.1 Å². The van der Waals surface area contributed by atoms with Gasteiger partial charge >= 0.3 is 0 Å². The lowest BCUT2D eigenvalue weighted by molar-refractivity contribution is 0.578. The average molecular weight is 296 g/mol. The van der Waals surface area contributed by atoms with Gasteiger partial charge < -0.3 is 10.2 Å². The predicted molar refractivity (Wildman–Crippen MR) is 83.1 cm³/mol. The zero-order valence-corrected chi connectivity index (χ0v) is 13.0. The summed E-state index contributed by atoms with van der Waals surface area (Å²) in [7, 11) is -3.17. The molecule has 0 bridgehead atoms. The van der Waals surface area contributed by atoms with E-state index < -0.39 is 9.84 Å². The van der Waals surface area contributed by atoms with E-state index in [-0.39, 0.29) is 5.75 Å². The second-order valence-electron chi connectivity index (χ2n) is 5.23. The molecule has 1 aliphatic rings. The molecule has 5 heteroatoms. The van der Waals surface area contributed by atoms with Crippen molar-refractivity contribution in [2.45, 2.75) is 31.1 Å². The number of nitrogens with one attached hydrogen (secondary N) is 1. The van der Waals surface area contributed by atoms with Crippen LogP contribution in [0.15, 0.2) is 29.2 Å². The van der Waals surface area contributed by atoms with E-state index in [9.17, 15) is 8.42 Å². The smallest absolute Gasteiger partial charge is 0.180 e. The highest BCUT2D eigenvalue weighted by Crippen LogP contribution is 2.26. The summed E-state index contributed by atoms with van der Waals surface area (Å²) < 4.78 is 25.1. The van der Waals surface area contributed by atoms with Crippen LogP contribution < -0.4 is 10.2 Å². The lowest BCUT2D eigenvalue weighted by Crippen LogP contribution is -2.44. The summed E-state index contributed by atoms with van der Waals surface area (Å²) in [4.78, 5) is 2.67. The maximum atomic E-state index is 12.5. The van der Waals surface area contributed by atoms with Gasteiger partial charge in [-0.1, -0.05) is 31.9 Å². The van der Waals surface area contributed by atoms with Crippen LogP contribution in [0.4, 0.5) is 5.69 Å². The fourth-order valence-corrected chi connectivity index (χ4v) is 4.14. The topological polar surface area (TPSA) is 49.4 Å². The van der Waals surface area contributed by atoms with Gasteiger partial charge in [0.1, 0.15) is 0 Å². The van der Waals surface area contributed by atoms with Crippen molar-refractivity contribution >= 4 is 15.5 Å². The van der Waals surface area contributed by atoms with Crippen molar-refractivity contribution in [1.82, 2.24) is 5.32 Å². The third-order valence-corrected chi connectivity index (χ3v) is 5.52. The van der Waals surface area contributed by atoms with E-state index in [0.717, 1.165) is 51.1 Å². The maximum Gasteiger partial charge on any atom is 0.180 e. The lowest BCUT2D eigenvalue weighted by Gasteiger charge is -2.30. The Morgan fingerprint density at radius 1 is 1.15 bits per heavy atom. The van der Waals surface area contributed by atoms with Crippen molar-refractivity contribution < 1.29 is 8.42 Å². The van der Waals surface area contributed by atoms with Crippen molar-refractivity contribution in [3.63, 3.8) is 0 Å². The summed E-state index contributed by atoms with van der Waals surface area (Å²) in [5.74, 6) is 0.254. The van der Waals surface area contributed by atoms with Crippen LogP contribution >= 0.6 is 0 Å². The third-order valence-electron chi connectivity index (χ3n) is 3.67. The Morgan fingerprint density at radius 2 is 1.85 bits per heavy atom. The number of hydrogen-bond donors (Lipinski definition) is 1. The van der Waals surface area contributed by atoms with Crippen LogP contribution in [-0.4, -0.2) is 40.3 Å². The summed E-state index contributed by atoms with van der Waals surface area (Å²) >= 11 is 0. The zero-order chi connectivity index (χ0) is 14.4. The molecule has 0 saturated carbocycles. The molecule has 0 aliphatic carbocycles. The van der Waals surface area contributed by atoms with E-state index in [4.69, 9.17) is 0 Å². The molecular formula is C15H24N2O2S. The van der Waals surface area contributed by atoms with Crippen molar-refractivity contribution in [2.75, 3.05) is 36.8 Å². The number of hydrogen-bond acceptors (Lipinski definition) is 4. The van der Waals surface area contributed by atoms with Gasteiger partial charge in [0.25, 0.3) is 0 Å². The molecule has 2 rings (SSSR count). The molecule has 1 aromatic carbocycles. The zero-order valence-electron chi connectivity index (χ0n) is 12.1. The Labute approximate surface area is 122 Å². The van der Waals surface area contributed by atoms with Crippen LogP contribution in [0.1, 0.15) is 26.2 Å². The lowest BCUT2D eigenvalue weighted by atomic mass is 10.2. The molecule has 1 heterocycles. The molecule has 1 N–H and O–H groups in total. The van der Waals surface area contributed by atoms with E-state index in [1.54, 1.807) is 6.07 Å². The largest absolute Gasteiger partial charge is 0.368 e. The molecule has 4 nitrogen and oxygen atoms in total. The predicted octanol–water partition coefficient (Wildman–Crippen LogP) is 2.06. The first kappa shape index (κ1) is 15.3. The fourth-order valence-electron chi connectivity index (χ4n) is 2.54. The number of unbranched alkanes of at least 4 members (excludes halogenated alkanes) is 2. The third kappa shape index (κ3) is 3.73. The molecule has 0 amide bonds. The summed E-state index contributed by atoms with van der Waals surface area (Å²) in [6.07, 6.45) is 2.75. The summed E-state index contributed by atoms with van der Waals surface area (Å²) in [5.41, 5.74) is 0.866. The molecule has 0 spiro atoms. The molecule has 112 valence electrons.